The number of aryl methyl sites for hydroxylation is 1. The first-order chi connectivity index (χ1) is 17.7. The second-order valence-corrected chi connectivity index (χ2v) is 11.1. The van der Waals surface area contributed by atoms with Gasteiger partial charge in [-0.3, -0.25) is 4.90 Å². The first-order valence-electron chi connectivity index (χ1n) is 12.3. The van der Waals surface area contributed by atoms with E-state index in [9.17, 15) is 18.4 Å². The number of thiophene rings is 1. The Morgan fingerprint density at radius 2 is 2.05 bits per heavy atom. The monoisotopic (exact) mass is 525 g/mol. The Morgan fingerprint density at radius 1 is 1.22 bits per heavy atom. The van der Waals surface area contributed by atoms with Crippen LogP contribution in [-0.4, -0.2) is 58.8 Å². The first kappa shape index (κ1) is 24.0. The van der Waals surface area contributed by atoms with Crippen molar-refractivity contribution in [1.29, 1.82) is 5.26 Å². The number of aromatic nitrogens is 3. The van der Waals surface area contributed by atoms with E-state index in [1.165, 1.54) is 11.1 Å². The van der Waals surface area contributed by atoms with Gasteiger partial charge in [-0.25, -0.2) is 4.98 Å². The molecule has 2 unspecified atom stereocenters. The van der Waals surface area contributed by atoms with Crippen LogP contribution in [0.1, 0.15) is 28.1 Å². The highest BCUT2D eigenvalue weighted by Crippen LogP contribution is 2.40. The maximum absolute atomic E-state index is 13.1. The van der Waals surface area contributed by atoms with Gasteiger partial charge in [-0.1, -0.05) is 6.07 Å². The van der Waals surface area contributed by atoms with Gasteiger partial charge in [-0.05, 0) is 55.1 Å². The highest BCUT2D eigenvalue weighted by Gasteiger charge is 2.42. The summed E-state index contributed by atoms with van der Waals surface area (Å²) in [5.74, 6) is 1.60. The fourth-order valence-corrected chi connectivity index (χ4v) is 6.91. The zero-order valence-corrected chi connectivity index (χ0v) is 21.3. The van der Waals surface area contributed by atoms with Crippen LogP contribution in [0.25, 0.3) is 21.1 Å². The lowest BCUT2D eigenvalue weighted by molar-refractivity contribution is -0.126. The smallest absolute Gasteiger partial charge is 0.357 e. The van der Waals surface area contributed by atoms with Crippen LogP contribution < -0.4 is 10.2 Å². The van der Waals surface area contributed by atoms with Gasteiger partial charge < -0.3 is 15.2 Å². The second kappa shape index (κ2) is 8.89. The van der Waals surface area contributed by atoms with E-state index in [-0.39, 0.29) is 4.88 Å². The van der Waals surface area contributed by atoms with E-state index in [2.05, 4.69) is 49.1 Å². The Kier molecular flexibility index (Phi) is 5.76. The van der Waals surface area contributed by atoms with Crippen LogP contribution in [-0.2, 0) is 13.0 Å². The predicted molar refractivity (Wildman–Crippen MR) is 139 cm³/mol. The summed E-state index contributed by atoms with van der Waals surface area (Å²) in [6, 6.07) is 10.2. The molecule has 4 aromatic rings. The molecule has 0 spiro atoms. The zero-order chi connectivity index (χ0) is 25.9. The number of nitrogens with zero attached hydrogens (tertiary/aromatic N) is 5. The van der Waals surface area contributed by atoms with Crippen LogP contribution in [0.15, 0.2) is 24.3 Å². The number of hydrogen-bond donors (Lipinski definition) is 2. The third kappa shape index (κ3) is 4.38. The molecule has 1 aromatic carbocycles. The van der Waals surface area contributed by atoms with Crippen LogP contribution in [0.4, 0.5) is 24.9 Å². The largest absolute Gasteiger partial charge is 0.393 e. The van der Waals surface area contributed by atoms with Gasteiger partial charge in [-0.15, -0.1) is 11.3 Å². The van der Waals surface area contributed by atoms with Crippen LogP contribution in [0.2, 0.25) is 0 Å². The Balaban J connectivity index is 1.26. The van der Waals surface area contributed by atoms with Crippen molar-refractivity contribution in [1.82, 2.24) is 19.9 Å². The number of hydrogen-bond acceptors (Lipinski definition) is 7. The minimum absolute atomic E-state index is 0.252. The molecule has 2 N–H and O–H groups in total. The van der Waals surface area contributed by atoms with Gasteiger partial charge in [0.1, 0.15) is 22.4 Å². The van der Waals surface area contributed by atoms with Crippen LogP contribution in [0.3, 0.4) is 0 Å². The number of halogens is 3. The lowest BCUT2D eigenvalue weighted by atomic mass is 10.0. The Hall–Kier alpha value is -3.36. The number of fused-ring (bicyclic) bond motifs is 3. The molecule has 6 rings (SSSR count). The topological polar surface area (TPSA) is 83.9 Å². The van der Waals surface area contributed by atoms with E-state index in [4.69, 9.17) is 0 Å². The molecule has 0 saturated carbocycles. The van der Waals surface area contributed by atoms with Crippen molar-refractivity contribution in [3.05, 3.63) is 46.0 Å². The SMILES string of the molecule is CNc1nc(N2CC3CCN(Cc4ccc5[nH]c(C#N)cc5c4C)C3C2)c2cc(CC(F)(F)F)sc2n1. The molecule has 7 nitrogen and oxygen atoms in total. The summed E-state index contributed by atoms with van der Waals surface area (Å²) in [4.78, 5) is 17.8. The van der Waals surface area contributed by atoms with E-state index < -0.39 is 12.6 Å². The molecule has 5 heterocycles. The summed E-state index contributed by atoms with van der Waals surface area (Å²) in [5.41, 5.74) is 3.96. The van der Waals surface area contributed by atoms with Crippen molar-refractivity contribution in [2.75, 3.05) is 36.9 Å². The van der Waals surface area contributed by atoms with E-state index in [0.717, 1.165) is 54.8 Å². The third-order valence-electron chi connectivity index (χ3n) is 7.66. The lowest BCUT2D eigenvalue weighted by Gasteiger charge is -2.26. The summed E-state index contributed by atoms with van der Waals surface area (Å²) < 4.78 is 39.2. The summed E-state index contributed by atoms with van der Waals surface area (Å²) in [6.07, 6.45) is -4.15. The van der Waals surface area contributed by atoms with Crippen molar-refractivity contribution >= 4 is 44.2 Å². The molecule has 3 aromatic heterocycles. The molecule has 2 aliphatic rings. The van der Waals surface area contributed by atoms with Gasteiger partial charge in [0.05, 0.1) is 11.8 Å². The van der Waals surface area contributed by atoms with Gasteiger partial charge in [0.2, 0.25) is 5.95 Å². The Bertz CT molecular complexity index is 1530. The maximum Gasteiger partial charge on any atom is 0.393 e. The van der Waals surface area contributed by atoms with Crippen LogP contribution in [0, 0.1) is 24.2 Å². The Labute approximate surface area is 215 Å². The van der Waals surface area contributed by atoms with Gasteiger partial charge in [-0.2, -0.15) is 23.4 Å². The lowest BCUT2D eigenvalue weighted by Crippen LogP contribution is -2.35. The van der Waals surface area contributed by atoms with Gasteiger partial charge in [0, 0.05) is 48.5 Å². The molecular weight excluding hydrogens is 499 g/mol. The van der Waals surface area contributed by atoms with Crippen LogP contribution in [0.5, 0.6) is 0 Å². The van der Waals surface area contributed by atoms with Gasteiger partial charge in [0.25, 0.3) is 0 Å². The van der Waals surface area contributed by atoms with Crippen molar-refractivity contribution in [3.63, 3.8) is 0 Å². The highest BCUT2D eigenvalue weighted by molar-refractivity contribution is 7.18. The Morgan fingerprint density at radius 3 is 2.81 bits per heavy atom. The number of likely N-dealkylation sites (tertiary alicyclic amines) is 1. The van der Waals surface area contributed by atoms with Crippen molar-refractivity contribution < 1.29 is 13.2 Å². The zero-order valence-electron chi connectivity index (χ0n) is 20.5. The normalized spacial score (nSPS) is 20.2. The number of nitriles is 1. The fourth-order valence-electron chi connectivity index (χ4n) is 5.86. The molecule has 2 saturated heterocycles. The van der Waals surface area contributed by atoms with Gasteiger partial charge >= 0.3 is 6.18 Å². The number of aromatic amines is 1. The molecule has 2 fully saturated rings. The molecule has 192 valence electrons. The third-order valence-corrected chi connectivity index (χ3v) is 8.69. The second-order valence-electron chi connectivity index (χ2n) is 9.94. The van der Waals surface area contributed by atoms with Gasteiger partial charge in [0.15, 0.2) is 0 Å². The molecule has 2 aliphatic heterocycles. The number of benzene rings is 1. The minimum atomic E-state index is -4.26. The first-order valence-corrected chi connectivity index (χ1v) is 13.1. The standard InChI is InChI=1S/C26H26F3N7S/c1-14-15(3-4-21-19(14)7-17(10-30)32-21)11-35-6-5-16-12-36(13-22(16)35)23-20-8-18(9-26(27,28)29)37-24(20)34-25(31-2)33-23/h3-4,7-8,16,22,32H,5-6,9,11-13H2,1-2H3,(H,31,33,34). The predicted octanol–water partition coefficient (Wildman–Crippen LogP) is 5.21. The van der Waals surface area contributed by atoms with E-state index in [0.29, 0.717) is 39.6 Å². The molecule has 2 atom stereocenters. The summed E-state index contributed by atoms with van der Waals surface area (Å²) >= 11 is 1.09. The summed E-state index contributed by atoms with van der Waals surface area (Å²) in [7, 11) is 1.72. The molecule has 0 bridgehead atoms. The van der Waals surface area contributed by atoms with Crippen molar-refractivity contribution in [2.45, 2.75) is 38.5 Å². The van der Waals surface area contributed by atoms with E-state index in [1.54, 1.807) is 13.1 Å². The molecule has 0 radical (unpaired) electrons. The van der Waals surface area contributed by atoms with Crippen molar-refractivity contribution in [3.8, 4) is 6.07 Å². The number of anilines is 2. The number of nitrogens with one attached hydrogen (secondary N) is 2. The number of rotatable bonds is 5. The molecule has 11 heteroatoms. The fraction of sp³-hybridized carbons (Fsp3) is 0.423. The van der Waals surface area contributed by atoms with E-state index in [1.807, 2.05) is 12.1 Å². The highest BCUT2D eigenvalue weighted by atomic mass is 32.1. The number of alkyl halides is 3. The average Bonchev–Trinajstić information content (AvgIpc) is 3.62. The molecule has 0 aliphatic carbocycles. The molecule has 0 amide bonds. The van der Waals surface area contributed by atoms with Crippen LogP contribution >= 0.6 is 11.3 Å². The molecule has 37 heavy (non-hydrogen) atoms. The number of H-pyrrole nitrogens is 1. The van der Waals surface area contributed by atoms with Crippen molar-refractivity contribution in [2.24, 2.45) is 5.92 Å². The summed E-state index contributed by atoms with van der Waals surface area (Å²) in [6.45, 7) is 5.52. The average molecular weight is 526 g/mol. The molecular formula is C26H26F3N7S. The minimum Gasteiger partial charge on any atom is -0.357 e. The summed E-state index contributed by atoms with van der Waals surface area (Å²) in [5, 5.41) is 14.0. The quantitative estimate of drug-likeness (QED) is 0.372. The van der Waals surface area contributed by atoms with E-state index >= 15 is 0 Å². The maximum atomic E-state index is 13.1.